The molecule has 0 aromatic heterocycles. The van der Waals surface area contributed by atoms with E-state index >= 15 is 0 Å². The number of nitro benzene ring substituents is 1. The van der Waals surface area contributed by atoms with Gasteiger partial charge in [0.2, 0.25) is 15.9 Å². The molecule has 0 atom stereocenters. The Morgan fingerprint density at radius 2 is 1.81 bits per heavy atom. The maximum absolute atomic E-state index is 12.4. The number of sulfonamides is 1. The number of carbonyl (C=O) groups is 1. The van der Waals surface area contributed by atoms with Gasteiger partial charge in [-0.2, -0.15) is 0 Å². The summed E-state index contributed by atoms with van der Waals surface area (Å²) in [4.78, 5) is 23.0. The zero-order chi connectivity index (χ0) is 20.4. The Balaban J connectivity index is 2.33. The SMILES string of the molecule is Cc1ccc(NC(=O)CN(c2cccc([N+](=O)[O-])c2C)S(C)(=O)=O)cc1C. The van der Waals surface area contributed by atoms with Gasteiger partial charge >= 0.3 is 0 Å². The first-order valence-electron chi connectivity index (χ1n) is 8.09. The van der Waals surface area contributed by atoms with Crippen LogP contribution in [0.1, 0.15) is 16.7 Å². The van der Waals surface area contributed by atoms with Crippen LogP contribution in [0, 0.1) is 30.9 Å². The summed E-state index contributed by atoms with van der Waals surface area (Å²) in [5.74, 6) is -0.547. The lowest BCUT2D eigenvalue weighted by Gasteiger charge is -2.23. The van der Waals surface area contributed by atoms with Crippen molar-refractivity contribution in [2.24, 2.45) is 0 Å². The van der Waals surface area contributed by atoms with E-state index in [0.717, 1.165) is 21.7 Å². The quantitative estimate of drug-likeness (QED) is 0.601. The maximum Gasteiger partial charge on any atom is 0.274 e. The standard InChI is InChI=1S/C18H21N3O5S/c1-12-8-9-15(10-13(12)2)19-18(22)11-20(27(4,25)26)16-6-5-7-17(14(16)3)21(23)24/h5-10H,11H2,1-4H3,(H,19,22). The summed E-state index contributed by atoms with van der Waals surface area (Å²) < 4.78 is 25.3. The lowest BCUT2D eigenvalue weighted by molar-refractivity contribution is -0.385. The second kappa shape index (κ2) is 7.75. The van der Waals surface area contributed by atoms with E-state index in [1.165, 1.54) is 25.1 Å². The molecule has 0 fully saturated rings. The first kappa shape index (κ1) is 20.4. The highest BCUT2D eigenvalue weighted by Gasteiger charge is 2.25. The highest BCUT2D eigenvalue weighted by Crippen LogP contribution is 2.29. The van der Waals surface area contributed by atoms with Crippen LogP contribution in [0.5, 0.6) is 0 Å². The molecule has 0 spiro atoms. The highest BCUT2D eigenvalue weighted by atomic mass is 32.2. The number of nitro groups is 1. The molecule has 144 valence electrons. The molecule has 2 aromatic carbocycles. The van der Waals surface area contributed by atoms with Gasteiger partial charge in [0.05, 0.1) is 22.4 Å². The first-order valence-corrected chi connectivity index (χ1v) is 9.94. The molecule has 0 aliphatic rings. The molecule has 1 amide bonds. The molecule has 0 unspecified atom stereocenters. The normalized spacial score (nSPS) is 11.1. The highest BCUT2D eigenvalue weighted by molar-refractivity contribution is 7.92. The minimum atomic E-state index is -3.84. The third kappa shape index (κ3) is 4.82. The number of anilines is 2. The molecule has 0 heterocycles. The summed E-state index contributed by atoms with van der Waals surface area (Å²) >= 11 is 0. The molecule has 0 saturated heterocycles. The van der Waals surface area contributed by atoms with Crippen LogP contribution in [0.15, 0.2) is 36.4 Å². The van der Waals surface area contributed by atoms with Crippen LogP contribution in [0.3, 0.4) is 0 Å². The van der Waals surface area contributed by atoms with Gasteiger partial charge in [-0.1, -0.05) is 12.1 Å². The van der Waals surface area contributed by atoms with E-state index in [0.29, 0.717) is 5.69 Å². The van der Waals surface area contributed by atoms with Gasteiger partial charge in [0.15, 0.2) is 0 Å². The number of carbonyl (C=O) groups excluding carboxylic acids is 1. The van der Waals surface area contributed by atoms with E-state index in [-0.39, 0.29) is 16.9 Å². The minimum absolute atomic E-state index is 0.0990. The Labute approximate surface area is 158 Å². The summed E-state index contributed by atoms with van der Waals surface area (Å²) in [5.41, 5.74) is 2.66. The molecular formula is C18H21N3O5S. The smallest absolute Gasteiger partial charge is 0.274 e. The zero-order valence-corrected chi connectivity index (χ0v) is 16.3. The summed E-state index contributed by atoms with van der Waals surface area (Å²) in [6.07, 6.45) is 0.953. The molecule has 8 nitrogen and oxygen atoms in total. The molecule has 0 bridgehead atoms. The summed E-state index contributed by atoms with van der Waals surface area (Å²) in [5, 5.41) is 13.8. The van der Waals surface area contributed by atoms with Crippen molar-refractivity contribution in [2.75, 3.05) is 22.4 Å². The van der Waals surface area contributed by atoms with Gasteiger partial charge in [-0.3, -0.25) is 19.2 Å². The number of hydrogen-bond acceptors (Lipinski definition) is 5. The second-order valence-electron chi connectivity index (χ2n) is 6.30. The largest absolute Gasteiger partial charge is 0.325 e. The summed E-state index contributed by atoms with van der Waals surface area (Å²) in [6.45, 7) is 4.80. The van der Waals surface area contributed by atoms with Crippen LogP contribution >= 0.6 is 0 Å². The molecule has 0 aliphatic heterocycles. The topological polar surface area (TPSA) is 110 Å². The van der Waals surface area contributed by atoms with E-state index in [9.17, 15) is 23.3 Å². The molecule has 2 rings (SSSR count). The van der Waals surface area contributed by atoms with Gasteiger partial charge in [-0.15, -0.1) is 0 Å². The van der Waals surface area contributed by atoms with Crippen molar-refractivity contribution in [1.29, 1.82) is 0 Å². The average Bonchev–Trinajstić information content (AvgIpc) is 2.55. The van der Waals surface area contributed by atoms with Crippen molar-refractivity contribution < 1.29 is 18.1 Å². The molecule has 0 aliphatic carbocycles. The van der Waals surface area contributed by atoms with Crippen LogP contribution in [-0.2, 0) is 14.8 Å². The number of benzene rings is 2. The fourth-order valence-electron chi connectivity index (χ4n) is 2.61. The van der Waals surface area contributed by atoms with Crippen molar-refractivity contribution in [2.45, 2.75) is 20.8 Å². The van der Waals surface area contributed by atoms with Crippen LogP contribution < -0.4 is 9.62 Å². The Morgan fingerprint density at radius 3 is 2.37 bits per heavy atom. The van der Waals surface area contributed by atoms with E-state index in [1.54, 1.807) is 12.1 Å². The van der Waals surface area contributed by atoms with E-state index in [2.05, 4.69) is 5.32 Å². The monoisotopic (exact) mass is 391 g/mol. The zero-order valence-electron chi connectivity index (χ0n) is 15.5. The number of aryl methyl sites for hydroxylation is 2. The predicted molar refractivity (Wildman–Crippen MR) is 105 cm³/mol. The van der Waals surface area contributed by atoms with E-state index < -0.39 is 27.4 Å². The Kier molecular flexibility index (Phi) is 5.85. The molecule has 1 N–H and O–H groups in total. The fourth-order valence-corrected chi connectivity index (χ4v) is 3.52. The van der Waals surface area contributed by atoms with Crippen LogP contribution in [0.2, 0.25) is 0 Å². The van der Waals surface area contributed by atoms with Crippen molar-refractivity contribution in [3.05, 3.63) is 63.2 Å². The van der Waals surface area contributed by atoms with Crippen LogP contribution in [0.4, 0.5) is 17.1 Å². The van der Waals surface area contributed by atoms with Gasteiger partial charge in [0.25, 0.3) is 5.69 Å². The molecule has 27 heavy (non-hydrogen) atoms. The van der Waals surface area contributed by atoms with Gasteiger partial charge < -0.3 is 5.32 Å². The van der Waals surface area contributed by atoms with Gasteiger partial charge in [0, 0.05) is 11.8 Å². The first-order chi connectivity index (χ1) is 12.5. The number of amides is 1. The summed E-state index contributed by atoms with van der Waals surface area (Å²) in [6, 6.07) is 9.48. The molecule has 0 radical (unpaired) electrons. The minimum Gasteiger partial charge on any atom is -0.325 e. The molecule has 2 aromatic rings. The fraction of sp³-hybridized carbons (Fsp3) is 0.278. The molecular weight excluding hydrogens is 370 g/mol. The summed E-state index contributed by atoms with van der Waals surface area (Å²) in [7, 11) is -3.84. The van der Waals surface area contributed by atoms with E-state index in [1.807, 2.05) is 19.9 Å². The Hall–Kier alpha value is -2.94. The lowest BCUT2D eigenvalue weighted by atomic mass is 10.1. The Bertz CT molecular complexity index is 1000. The number of nitrogens with zero attached hydrogens (tertiary/aromatic N) is 2. The average molecular weight is 391 g/mol. The predicted octanol–water partition coefficient (Wildman–Crippen LogP) is 2.92. The molecule has 9 heteroatoms. The van der Waals surface area contributed by atoms with Crippen LogP contribution in [0.25, 0.3) is 0 Å². The van der Waals surface area contributed by atoms with Crippen LogP contribution in [-0.4, -0.2) is 32.0 Å². The van der Waals surface area contributed by atoms with Gasteiger partial charge in [0.1, 0.15) is 6.54 Å². The van der Waals surface area contributed by atoms with Gasteiger partial charge in [-0.05, 0) is 50.1 Å². The van der Waals surface area contributed by atoms with Crippen molar-refractivity contribution in [3.8, 4) is 0 Å². The Morgan fingerprint density at radius 1 is 1.15 bits per heavy atom. The third-order valence-corrected chi connectivity index (χ3v) is 5.35. The van der Waals surface area contributed by atoms with Gasteiger partial charge in [-0.25, -0.2) is 8.42 Å². The van der Waals surface area contributed by atoms with Crippen molar-refractivity contribution >= 4 is 33.0 Å². The maximum atomic E-state index is 12.4. The van der Waals surface area contributed by atoms with Crippen molar-refractivity contribution in [1.82, 2.24) is 0 Å². The number of rotatable bonds is 6. The van der Waals surface area contributed by atoms with Crippen molar-refractivity contribution in [3.63, 3.8) is 0 Å². The molecule has 0 saturated carbocycles. The third-order valence-electron chi connectivity index (χ3n) is 4.22. The number of nitrogens with one attached hydrogen (secondary N) is 1. The number of hydrogen-bond donors (Lipinski definition) is 1. The van der Waals surface area contributed by atoms with E-state index in [4.69, 9.17) is 0 Å². The second-order valence-corrected chi connectivity index (χ2v) is 8.20. The lowest BCUT2D eigenvalue weighted by Crippen LogP contribution is -2.38.